The van der Waals surface area contributed by atoms with Gasteiger partial charge in [0.05, 0.1) is 3.79 Å². The number of rotatable bonds is 0. The number of halogens is 3. The van der Waals surface area contributed by atoms with Crippen LogP contribution in [0.1, 0.15) is 0 Å². The van der Waals surface area contributed by atoms with E-state index in [9.17, 15) is 0 Å². The van der Waals surface area contributed by atoms with Crippen molar-refractivity contribution in [3.63, 3.8) is 0 Å². The summed E-state index contributed by atoms with van der Waals surface area (Å²) >= 11 is 13.4. The Bertz CT molecular complexity index is 438. The quantitative estimate of drug-likeness (QED) is 0.575. The van der Waals surface area contributed by atoms with Gasteiger partial charge in [0.1, 0.15) is 0 Å². The molecule has 0 aliphatic carbocycles. The van der Waals surface area contributed by atoms with Crippen molar-refractivity contribution in [3.8, 4) is 0 Å². The van der Waals surface area contributed by atoms with Crippen LogP contribution in [0.15, 0.2) is 22.0 Å². The first-order chi connectivity index (χ1) is 5.68. The highest BCUT2D eigenvalue weighted by Gasteiger charge is 2.06. The lowest BCUT2D eigenvalue weighted by molar-refractivity contribution is 1.81. The van der Waals surface area contributed by atoms with Crippen LogP contribution in [0.3, 0.4) is 0 Å². The highest BCUT2D eigenvalue weighted by atomic mass is 127. The van der Waals surface area contributed by atoms with E-state index in [0.717, 1.165) is 5.02 Å². The Kier molecular flexibility index (Phi) is 2.65. The first-order valence-corrected chi connectivity index (χ1v) is 6.28. The summed E-state index contributed by atoms with van der Waals surface area (Å²) in [6, 6.07) is 5.97. The standard InChI is InChI=1S/C8H3BrClIS/c9-8-7(11)5-2-1-4(10)3-6(5)12-8/h1-3H. The van der Waals surface area contributed by atoms with E-state index in [0.29, 0.717) is 0 Å². The molecule has 0 saturated carbocycles. The van der Waals surface area contributed by atoms with Crippen molar-refractivity contribution in [1.29, 1.82) is 0 Å². The van der Waals surface area contributed by atoms with Crippen LogP contribution < -0.4 is 0 Å². The van der Waals surface area contributed by atoms with Crippen molar-refractivity contribution >= 4 is 71.5 Å². The Balaban J connectivity index is 2.87. The Morgan fingerprint density at radius 1 is 1.42 bits per heavy atom. The minimum absolute atomic E-state index is 0.799. The van der Waals surface area contributed by atoms with Crippen molar-refractivity contribution in [2.45, 2.75) is 0 Å². The average molecular weight is 373 g/mol. The second kappa shape index (κ2) is 3.44. The summed E-state index contributed by atoms with van der Waals surface area (Å²) in [5.41, 5.74) is 0. The van der Waals surface area contributed by atoms with Crippen molar-refractivity contribution in [2.75, 3.05) is 0 Å². The minimum Gasteiger partial charge on any atom is -0.127 e. The van der Waals surface area contributed by atoms with Gasteiger partial charge < -0.3 is 0 Å². The molecule has 1 heterocycles. The highest BCUT2D eigenvalue weighted by molar-refractivity contribution is 14.1. The topological polar surface area (TPSA) is 0 Å². The predicted octanol–water partition coefficient (Wildman–Crippen LogP) is 4.92. The average Bonchev–Trinajstić information content (AvgIpc) is 2.28. The van der Waals surface area contributed by atoms with Crippen molar-refractivity contribution in [2.24, 2.45) is 0 Å². The SMILES string of the molecule is Clc1ccc2c(I)c(Br)sc2c1. The summed E-state index contributed by atoms with van der Waals surface area (Å²) in [5, 5.41) is 2.07. The minimum atomic E-state index is 0.799. The second-order valence-electron chi connectivity index (χ2n) is 2.33. The van der Waals surface area contributed by atoms with Gasteiger partial charge in [-0.2, -0.15) is 0 Å². The molecule has 0 spiro atoms. The molecule has 0 fully saturated rings. The zero-order chi connectivity index (χ0) is 8.72. The van der Waals surface area contributed by atoms with Gasteiger partial charge in [0.15, 0.2) is 0 Å². The molecule has 2 aromatic rings. The number of fused-ring (bicyclic) bond motifs is 1. The number of thiophene rings is 1. The summed E-state index contributed by atoms with van der Waals surface area (Å²) in [4.78, 5) is 0. The summed E-state index contributed by atoms with van der Waals surface area (Å²) < 4.78 is 3.68. The third-order valence-corrected chi connectivity index (χ3v) is 5.84. The van der Waals surface area contributed by atoms with Gasteiger partial charge in [-0.15, -0.1) is 11.3 Å². The van der Waals surface area contributed by atoms with Crippen molar-refractivity contribution in [3.05, 3.63) is 30.6 Å². The molecule has 12 heavy (non-hydrogen) atoms. The molecule has 0 N–H and O–H groups in total. The normalized spacial score (nSPS) is 10.9. The van der Waals surface area contributed by atoms with Gasteiger partial charge in [-0.05, 0) is 50.7 Å². The summed E-state index contributed by atoms with van der Waals surface area (Å²) in [6.45, 7) is 0. The van der Waals surface area contributed by atoms with Gasteiger partial charge in [-0.1, -0.05) is 17.7 Å². The van der Waals surface area contributed by atoms with Crippen molar-refractivity contribution < 1.29 is 0 Å². The van der Waals surface area contributed by atoms with Crippen LogP contribution in [-0.4, -0.2) is 0 Å². The molecule has 0 amide bonds. The van der Waals surface area contributed by atoms with E-state index in [-0.39, 0.29) is 0 Å². The molecule has 0 bridgehead atoms. The molecule has 0 radical (unpaired) electrons. The largest absolute Gasteiger partial charge is 0.127 e. The van der Waals surface area contributed by atoms with Crippen LogP contribution >= 0.6 is 61.5 Å². The number of hydrogen-bond donors (Lipinski definition) is 0. The fraction of sp³-hybridized carbons (Fsp3) is 0. The molecule has 0 aliphatic rings. The molecular weight excluding hydrogens is 370 g/mol. The van der Waals surface area contributed by atoms with Crippen LogP contribution in [-0.2, 0) is 0 Å². The monoisotopic (exact) mass is 372 g/mol. The van der Waals surface area contributed by atoms with Gasteiger partial charge in [-0.25, -0.2) is 0 Å². The zero-order valence-electron chi connectivity index (χ0n) is 5.77. The van der Waals surface area contributed by atoms with Crippen LogP contribution in [0.2, 0.25) is 5.02 Å². The second-order valence-corrected chi connectivity index (χ2v) is 6.22. The Morgan fingerprint density at radius 3 is 2.92 bits per heavy atom. The smallest absolute Gasteiger partial charge is 0.0844 e. The molecule has 0 atom stereocenters. The summed E-state index contributed by atoms with van der Waals surface area (Å²) in [6.07, 6.45) is 0. The fourth-order valence-electron chi connectivity index (χ4n) is 1.01. The first-order valence-electron chi connectivity index (χ1n) is 3.21. The van der Waals surface area contributed by atoms with E-state index in [1.807, 2.05) is 12.1 Å². The third-order valence-electron chi connectivity index (χ3n) is 1.55. The van der Waals surface area contributed by atoms with Gasteiger partial charge in [0.2, 0.25) is 0 Å². The van der Waals surface area contributed by atoms with E-state index in [1.54, 1.807) is 11.3 Å². The zero-order valence-corrected chi connectivity index (χ0v) is 11.1. The highest BCUT2D eigenvalue weighted by Crippen LogP contribution is 2.37. The van der Waals surface area contributed by atoms with E-state index in [4.69, 9.17) is 11.6 Å². The molecule has 62 valence electrons. The lowest BCUT2D eigenvalue weighted by atomic mass is 10.3. The molecule has 1 aromatic heterocycles. The number of hydrogen-bond acceptors (Lipinski definition) is 1. The fourth-order valence-corrected chi connectivity index (χ4v) is 3.82. The van der Waals surface area contributed by atoms with Crippen LogP contribution in [0.5, 0.6) is 0 Å². The Hall–Kier alpha value is 0.680. The molecular formula is C8H3BrClIS. The number of benzene rings is 1. The third kappa shape index (κ3) is 1.52. The molecule has 0 nitrogen and oxygen atoms in total. The van der Waals surface area contributed by atoms with Gasteiger partial charge in [0.25, 0.3) is 0 Å². The molecule has 4 heteroatoms. The van der Waals surface area contributed by atoms with Crippen molar-refractivity contribution in [1.82, 2.24) is 0 Å². The van der Waals surface area contributed by atoms with Gasteiger partial charge >= 0.3 is 0 Å². The molecule has 0 unspecified atom stereocenters. The van der Waals surface area contributed by atoms with Crippen LogP contribution in [0.4, 0.5) is 0 Å². The lowest BCUT2D eigenvalue weighted by Gasteiger charge is -1.90. The summed E-state index contributed by atoms with van der Waals surface area (Å²) in [5.74, 6) is 0. The van der Waals surface area contributed by atoms with E-state index in [2.05, 4.69) is 44.6 Å². The molecule has 2 rings (SSSR count). The van der Waals surface area contributed by atoms with E-state index in [1.165, 1.54) is 17.4 Å². The van der Waals surface area contributed by atoms with Crippen LogP contribution in [0.25, 0.3) is 10.1 Å². The maximum atomic E-state index is 5.87. The van der Waals surface area contributed by atoms with Crippen LogP contribution in [0, 0.1) is 3.57 Å². The first kappa shape index (κ1) is 9.24. The Morgan fingerprint density at radius 2 is 2.17 bits per heavy atom. The van der Waals surface area contributed by atoms with Gasteiger partial charge in [0, 0.05) is 18.7 Å². The van der Waals surface area contributed by atoms with Gasteiger partial charge in [-0.3, -0.25) is 0 Å². The molecule has 0 saturated heterocycles. The Labute approximate surface area is 101 Å². The predicted molar refractivity (Wildman–Crippen MR) is 67.3 cm³/mol. The lowest BCUT2D eigenvalue weighted by Crippen LogP contribution is -1.66. The van der Waals surface area contributed by atoms with E-state index < -0.39 is 0 Å². The van der Waals surface area contributed by atoms with E-state index >= 15 is 0 Å². The maximum Gasteiger partial charge on any atom is 0.0844 e. The molecule has 0 aliphatic heterocycles. The summed E-state index contributed by atoms with van der Waals surface area (Å²) in [7, 11) is 0. The maximum absolute atomic E-state index is 5.87. The molecule has 1 aromatic carbocycles.